The largest absolute Gasteiger partial charge is 0.494 e. The van der Waals surface area contributed by atoms with Crippen molar-refractivity contribution >= 4 is 10.9 Å². The predicted octanol–water partition coefficient (Wildman–Crippen LogP) is 1.95. The van der Waals surface area contributed by atoms with E-state index in [-0.39, 0.29) is 6.61 Å². The number of para-hydroxylation sites is 1. The van der Waals surface area contributed by atoms with Gasteiger partial charge in [0.15, 0.2) is 0 Å². The van der Waals surface area contributed by atoms with E-state index < -0.39 is 0 Å². The van der Waals surface area contributed by atoms with Crippen molar-refractivity contribution in [3.05, 3.63) is 53.5 Å². The standard InChI is InChI=1S/C18H20N4O2/c1-24-17-4-2-3-13-5-6-15(20-18(13)17)11-21-10-14-9-19-22(7-8-23)16(14)12-21/h2-6,9,23H,7-8,10-12H2,1H3. The molecule has 0 fully saturated rings. The van der Waals surface area contributed by atoms with Crippen LogP contribution in [0.2, 0.25) is 0 Å². The van der Waals surface area contributed by atoms with E-state index in [1.54, 1.807) is 7.11 Å². The summed E-state index contributed by atoms with van der Waals surface area (Å²) >= 11 is 0. The Morgan fingerprint density at radius 1 is 1.21 bits per heavy atom. The molecule has 0 aliphatic carbocycles. The van der Waals surface area contributed by atoms with E-state index in [1.807, 2.05) is 29.1 Å². The number of fused-ring (bicyclic) bond motifs is 2. The van der Waals surface area contributed by atoms with Gasteiger partial charge in [0.05, 0.1) is 37.8 Å². The molecule has 0 spiro atoms. The summed E-state index contributed by atoms with van der Waals surface area (Å²) in [4.78, 5) is 7.12. The Morgan fingerprint density at radius 3 is 2.96 bits per heavy atom. The van der Waals surface area contributed by atoms with Crippen LogP contribution in [-0.4, -0.2) is 38.5 Å². The molecule has 6 heteroatoms. The van der Waals surface area contributed by atoms with Gasteiger partial charge in [-0.2, -0.15) is 5.10 Å². The summed E-state index contributed by atoms with van der Waals surface area (Å²) in [7, 11) is 1.67. The number of ether oxygens (including phenoxy) is 1. The third kappa shape index (κ3) is 2.64. The second kappa shape index (κ2) is 6.22. The van der Waals surface area contributed by atoms with Gasteiger partial charge in [-0.25, -0.2) is 4.98 Å². The minimum atomic E-state index is 0.111. The highest BCUT2D eigenvalue weighted by Crippen LogP contribution is 2.26. The first kappa shape index (κ1) is 15.1. The van der Waals surface area contributed by atoms with Gasteiger partial charge in [0.2, 0.25) is 0 Å². The molecule has 6 nitrogen and oxygen atoms in total. The number of hydrogen-bond donors (Lipinski definition) is 1. The van der Waals surface area contributed by atoms with Gasteiger partial charge in [-0.15, -0.1) is 0 Å². The van der Waals surface area contributed by atoms with E-state index in [2.05, 4.69) is 22.1 Å². The lowest BCUT2D eigenvalue weighted by Crippen LogP contribution is -2.18. The van der Waals surface area contributed by atoms with E-state index in [0.29, 0.717) is 6.54 Å². The van der Waals surface area contributed by atoms with E-state index in [1.165, 1.54) is 11.3 Å². The zero-order valence-corrected chi connectivity index (χ0v) is 13.6. The third-order valence-electron chi connectivity index (χ3n) is 4.46. The molecule has 2 aromatic heterocycles. The molecule has 0 saturated carbocycles. The van der Waals surface area contributed by atoms with Crippen molar-refractivity contribution in [1.29, 1.82) is 0 Å². The van der Waals surface area contributed by atoms with Gasteiger partial charge in [-0.05, 0) is 12.1 Å². The number of rotatable bonds is 5. The Labute approximate surface area is 140 Å². The average molecular weight is 324 g/mol. The molecule has 3 aromatic rings. The molecule has 1 aromatic carbocycles. The van der Waals surface area contributed by atoms with Crippen molar-refractivity contribution in [3.63, 3.8) is 0 Å². The predicted molar refractivity (Wildman–Crippen MR) is 90.6 cm³/mol. The highest BCUT2D eigenvalue weighted by Gasteiger charge is 2.23. The molecule has 0 atom stereocenters. The number of nitrogens with zero attached hydrogens (tertiary/aromatic N) is 4. The summed E-state index contributed by atoms with van der Waals surface area (Å²) in [5.41, 5.74) is 4.36. The topological polar surface area (TPSA) is 63.4 Å². The molecule has 4 rings (SSSR count). The quantitative estimate of drug-likeness (QED) is 0.777. The minimum Gasteiger partial charge on any atom is -0.494 e. The van der Waals surface area contributed by atoms with Crippen LogP contribution in [0.4, 0.5) is 0 Å². The number of methoxy groups -OCH3 is 1. The number of aliphatic hydroxyl groups is 1. The van der Waals surface area contributed by atoms with Gasteiger partial charge in [-0.1, -0.05) is 18.2 Å². The molecule has 0 bridgehead atoms. The minimum absolute atomic E-state index is 0.111. The maximum Gasteiger partial charge on any atom is 0.145 e. The van der Waals surface area contributed by atoms with E-state index >= 15 is 0 Å². The van der Waals surface area contributed by atoms with Crippen LogP contribution >= 0.6 is 0 Å². The fourth-order valence-electron chi connectivity index (χ4n) is 3.31. The Hall–Kier alpha value is -2.44. The van der Waals surface area contributed by atoms with Crippen molar-refractivity contribution in [3.8, 4) is 5.75 Å². The summed E-state index contributed by atoms with van der Waals surface area (Å²) in [5, 5.41) is 14.5. The van der Waals surface area contributed by atoms with Crippen molar-refractivity contribution in [2.24, 2.45) is 0 Å². The Kier molecular flexibility index (Phi) is 3.92. The second-order valence-electron chi connectivity index (χ2n) is 6.04. The molecule has 1 aliphatic heterocycles. The summed E-state index contributed by atoms with van der Waals surface area (Å²) < 4.78 is 7.32. The highest BCUT2D eigenvalue weighted by molar-refractivity contribution is 5.84. The molecular formula is C18H20N4O2. The van der Waals surface area contributed by atoms with E-state index in [0.717, 1.165) is 42.0 Å². The lowest BCUT2D eigenvalue weighted by molar-refractivity contribution is 0.249. The SMILES string of the molecule is COc1cccc2ccc(CN3Cc4cnn(CCO)c4C3)nc12. The monoisotopic (exact) mass is 324 g/mol. The molecular weight excluding hydrogens is 304 g/mol. The number of aliphatic hydroxyl groups excluding tert-OH is 1. The van der Waals surface area contributed by atoms with Crippen molar-refractivity contribution < 1.29 is 9.84 Å². The van der Waals surface area contributed by atoms with Crippen molar-refractivity contribution in [2.45, 2.75) is 26.2 Å². The van der Waals surface area contributed by atoms with Crippen LogP contribution in [0.15, 0.2) is 36.5 Å². The van der Waals surface area contributed by atoms with Crippen molar-refractivity contribution in [1.82, 2.24) is 19.7 Å². The number of aromatic nitrogens is 3. The maximum atomic E-state index is 9.12. The van der Waals surface area contributed by atoms with Crippen LogP contribution < -0.4 is 4.74 Å². The Morgan fingerprint density at radius 2 is 2.12 bits per heavy atom. The van der Waals surface area contributed by atoms with Crippen LogP contribution in [0, 0.1) is 0 Å². The number of hydrogen-bond acceptors (Lipinski definition) is 5. The van der Waals surface area contributed by atoms with Gasteiger partial charge in [-0.3, -0.25) is 9.58 Å². The van der Waals surface area contributed by atoms with Crippen LogP contribution in [0.5, 0.6) is 5.75 Å². The van der Waals surface area contributed by atoms with Crippen LogP contribution in [0.25, 0.3) is 10.9 Å². The molecule has 1 N–H and O–H groups in total. The first-order chi connectivity index (χ1) is 11.8. The second-order valence-corrected chi connectivity index (χ2v) is 6.04. The molecule has 0 saturated heterocycles. The fraction of sp³-hybridized carbons (Fsp3) is 0.333. The molecule has 24 heavy (non-hydrogen) atoms. The van der Waals surface area contributed by atoms with Crippen LogP contribution in [0.3, 0.4) is 0 Å². The smallest absolute Gasteiger partial charge is 0.145 e. The van der Waals surface area contributed by atoms with Gasteiger partial charge in [0, 0.05) is 30.6 Å². The number of benzene rings is 1. The zero-order chi connectivity index (χ0) is 16.5. The first-order valence-corrected chi connectivity index (χ1v) is 8.08. The van der Waals surface area contributed by atoms with E-state index in [4.69, 9.17) is 14.8 Å². The maximum absolute atomic E-state index is 9.12. The summed E-state index contributed by atoms with van der Waals surface area (Å²) in [6.45, 7) is 3.14. The molecule has 124 valence electrons. The fourth-order valence-corrected chi connectivity index (χ4v) is 3.31. The number of pyridine rings is 1. The lowest BCUT2D eigenvalue weighted by atomic mass is 10.2. The lowest BCUT2D eigenvalue weighted by Gasteiger charge is -2.15. The van der Waals surface area contributed by atoms with E-state index in [9.17, 15) is 0 Å². The molecule has 0 amide bonds. The normalized spacial score (nSPS) is 14.2. The van der Waals surface area contributed by atoms with Crippen LogP contribution in [0.1, 0.15) is 17.0 Å². The van der Waals surface area contributed by atoms with Crippen LogP contribution in [-0.2, 0) is 26.2 Å². The molecule has 0 radical (unpaired) electrons. The molecule has 0 unspecified atom stereocenters. The first-order valence-electron chi connectivity index (χ1n) is 8.08. The third-order valence-corrected chi connectivity index (χ3v) is 4.46. The van der Waals surface area contributed by atoms with Gasteiger partial charge in [0.25, 0.3) is 0 Å². The zero-order valence-electron chi connectivity index (χ0n) is 13.6. The summed E-state index contributed by atoms with van der Waals surface area (Å²) in [5.74, 6) is 0.803. The van der Waals surface area contributed by atoms with Gasteiger partial charge in [0.1, 0.15) is 11.3 Å². The summed E-state index contributed by atoms with van der Waals surface area (Å²) in [6, 6.07) is 10.1. The van der Waals surface area contributed by atoms with Gasteiger partial charge >= 0.3 is 0 Å². The van der Waals surface area contributed by atoms with Gasteiger partial charge < -0.3 is 9.84 Å². The molecule has 3 heterocycles. The summed E-state index contributed by atoms with van der Waals surface area (Å²) in [6.07, 6.45) is 1.90. The average Bonchev–Trinajstić information content (AvgIpc) is 3.16. The molecule has 1 aliphatic rings. The van der Waals surface area contributed by atoms with Crippen molar-refractivity contribution in [2.75, 3.05) is 13.7 Å². The Balaban J connectivity index is 1.55. The highest BCUT2D eigenvalue weighted by atomic mass is 16.5. The Bertz CT molecular complexity index is 875.